The molecular formula is C21H24Cl2N4O. The van der Waals surface area contributed by atoms with Crippen molar-refractivity contribution in [3.63, 3.8) is 0 Å². The lowest BCUT2D eigenvalue weighted by atomic mass is 10.0. The number of fused-ring (bicyclic) bond motifs is 1. The highest BCUT2D eigenvalue weighted by Crippen LogP contribution is 2.27. The molecule has 1 aromatic carbocycles. The van der Waals surface area contributed by atoms with Gasteiger partial charge >= 0.3 is 0 Å². The lowest BCUT2D eigenvalue weighted by Gasteiger charge is -2.20. The van der Waals surface area contributed by atoms with E-state index in [1.54, 1.807) is 12.4 Å². The van der Waals surface area contributed by atoms with Crippen LogP contribution in [-0.2, 0) is 0 Å². The van der Waals surface area contributed by atoms with Gasteiger partial charge in [0.05, 0.1) is 16.8 Å². The van der Waals surface area contributed by atoms with E-state index in [1.807, 2.05) is 42.5 Å². The average molecular weight is 419 g/mol. The fourth-order valence-corrected chi connectivity index (χ4v) is 3.79. The van der Waals surface area contributed by atoms with E-state index in [9.17, 15) is 4.79 Å². The maximum atomic E-state index is 13.1. The first-order valence-corrected chi connectivity index (χ1v) is 9.07. The Balaban J connectivity index is 0.00000140. The first kappa shape index (κ1) is 22.1. The van der Waals surface area contributed by atoms with Crippen molar-refractivity contribution in [2.24, 2.45) is 11.7 Å². The van der Waals surface area contributed by atoms with Crippen molar-refractivity contribution in [2.75, 3.05) is 6.54 Å². The van der Waals surface area contributed by atoms with Crippen molar-refractivity contribution in [3.8, 4) is 11.3 Å². The molecule has 1 aliphatic rings. The number of pyridine rings is 2. The van der Waals surface area contributed by atoms with E-state index in [0.717, 1.165) is 41.4 Å². The van der Waals surface area contributed by atoms with E-state index in [-0.39, 0.29) is 36.8 Å². The maximum absolute atomic E-state index is 13.1. The average Bonchev–Trinajstić information content (AvgIpc) is 3.14. The third-order valence-electron chi connectivity index (χ3n) is 5.22. The minimum absolute atomic E-state index is 0. The van der Waals surface area contributed by atoms with Crippen LogP contribution in [0.5, 0.6) is 0 Å². The zero-order chi connectivity index (χ0) is 17.9. The van der Waals surface area contributed by atoms with Crippen LogP contribution < -0.4 is 11.1 Å². The number of hydrogen-bond donors (Lipinski definition) is 2. The lowest BCUT2D eigenvalue weighted by molar-refractivity contribution is 0.0930. The number of rotatable bonds is 4. The molecule has 2 aromatic heterocycles. The van der Waals surface area contributed by atoms with Gasteiger partial charge in [0.15, 0.2) is 0 Å². The molecule has 0 saturated heterocycles. The third kappa shape index (κ3) is 4.43. The Kier molecular flexibility index (Phi) is 7.75. The molecule has 0 bridgehead atoms. The van der Waals surface area contributed by atoms with Gasteiger partial charge in [-0.2, -0.15) is 0 Å². The lowest BCUT2D eigenvalue weighted by Crippen LogP contribution is -2.40. The first-order chi connectivity index (χ1) is 12.8. The summed E-state index contributed by atoms with van der Waals surface area (Å²) >= 11 is 0. The van der Waals surface area contributed by atoms with Crippen LogP contribution >= 0.6 is 24.8 Å². The second kappa shape index (κ2) is 9.82. The van der Waals surface area contributed by atoms with Gasteiger partial charge < -0.3 is 11.1 Å². The Morgan fingerprint density at radius 2 is 1.86 bits per heavy atom. The van der Waals surface area contributed by atoms with Gasteiger partial charge in [0, 0.05) is 29.4 Å². The van der Waals surface area contributed by atoms with Crippen LogP contribution in [0.1, 0.15) is 29.6 Å². The van der Waals surface area contributed by atoms with Gasteiger partial charge in [-0.05, 0) is 49.6 Å². The quantitative estimate of drug-likeness (QED) is 0.670. The summed E-state index contributed by atoms with van der Waals surface area (Å²) in [6.45, 7) is 0.615. The molecule has 3 N–H and O–H groups in total. The smallest absolute Gasteiger partial charge is 0.252 e. The zero-order valence-electron chi connectivity index (χ0n) is 15.4. The van der Waals surface area contributed by atoms with Crippen LogP contribution in [0.25, 0.3) is 22.2 Å². The van der Waals surface area contributed by atoms with Gasteiger partial charge in [0.25, 0.3) is 5.91 Å². The van der Waals surface area contributed by atoms with Crippen LogP contribution in [0.15, 0.2) is 54.9 Å². The Hall–Kier alpha value is -2.21. The fraction of sp³-hybridized carbons (Fsp3) is 0.286. The maximum Gasteiger partial charge on any atom is 0.252 e. The number of halogens is 2. The number of aromatic nitrogens is 2. The molecule has 4 rings (SSSR count). The fourth-order valence-electron chi connectivity index (χ4n) is 3.79. The molecule has 0 radical (unpaired) electrons. The summed E-state index contributed by atoms with van der Waals surface area (Å²) in [5.74, 6) is 0.316. The van der Waals surface area contributed by atoms with Gasteiger partial charge in [-0.15, -0.1) is 24.8 Å². The minimum Gasteiger partial charge on any atom is -0.349 e. The molecule has 3 aromatic rings. The number of hydrogen-bond acceptors (Lipinski definition) is 4. The van der Waals surface area contributed by atoms with Gasteiger partial charge in [-0.25, -0.2) is 4.98 Å². The number of para-hydroxylation sites is 1. The molecule has 2 atom stereocenters. The van der Waals surface area contributed by atoms with Crippen LogP contribution in [0, 0.1) is 5.92 Å². The molecule has 0 spiro atoms. The second-order valence-electron chi connectivity index (χ2n) is 6.81. The second-order valence-corrected chi connectivity index (χ2v) is 6.81. The molecule has 28 heavy (non-hydrogen) atoms. The van der Waals surface area contributed by atoms with E-state index >= 15 is 0 Å². The largest absolute Gasteiger partial charge is 0.349 e. The van der Waals surface area contributed by atoms with E-state index in [2.05, 4.69) is 10.3 Å². The highest BCUT2D eigenvalue weighted by molar-refractivity contribution is 6.07. The number of nitrogens with zero attached hydrogens (tertiary/aromatic N) is 2. The van der Waals surface area contributed by atoms with Crippen molar-refractivity contribution < 1.29 is 4.79 Å². The zero-order valence-corrected chi connectivity index (χ0v) is 17.0. The Morgan fingerprint density at radius 3 is 2.61 bits per heavy atom. The normalized spacial score (nSPS) is 18.2. The van der Waals surface area contributed by atoms with Crippen molar-refractivity contribution >= 4 is 41.6 Å². The Morgan fingerprint density at radius 1 is 1.11 bits per heavy atom. The predicted molar refractivity (Wildman–Crippen MR) is 117 cm³/mol. The van der Waals surface area contributed by atoms with Crippen molar-refractivity contribution in [3.05, 3.63) is 60.4 Å². The van der Waals surface area contributed by atoms with Crippen molar-refractivity contribution in [1.29, 1.82) is 0 Å². The number of amides is 1. The van der Waals surface area contributed by atoms with E-state index < -0.39 is 0 Å². The molecule has 0 aliphatic heterocycles. The predicted octanol–water partition coefficient (Wildman–Crippen LogP) is 4.00. The summed E-state index contributed by atoms with van der Waals surface area (Å²) in [6.07, 6.45) is 6.66. The summed E-state index contributed by atoms with van der Waals surface area (Å²) in [5.41, 5.74) is 9.05. The molecule has 148 valence electrons. The number of nitrogens with two attached hydrogens (primary N) is 1. The van der Waals surface area contributed by atoms with Gasteiger partial charge in [-0.3, -0.25) is 9.78 Å². The molecule has 5 nitrogen and oxygen atoms in total. The van der Waals surface area contributed by atoms with Crippen LogP contribution in [0.4, 0.5) is 0 Å². The third-order valence-corrected chi connectivity index (χ3v) is 5.22. The topological polar surface area (TPSA) is 80.9 Å². The van der Waals surface area contributed by atoms with Gasteiger partial charge in [0.1, 0.15) is 0 Å². The highest BCUT2D eigenvalue weighted by atomic mass is 35.5. The van der Waals surface area contributed by atoms with Crippen molar-refractivity contribution in [2.45, 2.75) is 25.3 Å². The van der Waals surface area contributed by atoms with Crippen molar-refractivity contribution in [1.82, 2.24) is 15.3 Å². The number of carbonyl (C=O) groups excluding carboxylic acids is 1. The van der Waals surface area contributed by atoms with Gasteiger partial charge in [-0.1, -0.05) is 24.6 Å². The van der Waals surface area contributed by atoms with E-state index in [4.69, 9.17) is 10.7 Å². The van der Waals surface area contributed by atoms with Crippen LogP contribution in [-0.4, -0.2) is 28.5 Å². The Bertz CT molecular complexity index is 936. The molecule has 2 unspecified atom stereocenters. The summed E-state index contributed by atoms with van der Waals surface area (Å²) in [6, 6.07) is 13.6. The number of benzene rings is 1. The minimum atomic E-state index is -0.0516. The molecule has 1 aliphatic carbocycles. The van der Waals surface area contributed by atoms with Gasteiger partial charge in [0.2, 0.25) is 0 Å². The monoisotopic (exact) mass is 418 g/mol. The first-order valence-electron chi connectivity index (χ1n) is 9.07. The summed E-state index contributed by atoms with van der Waals surface area (Å²) < 4.78 is 0. The van der Waals surface area contributed by atoms with E-state index in [1.165, 1.54) is 0 Å². The molecule has 7 heteroatoms. The highest BCUT2D eigenvalue weighted by Gasteiger charge is 2.28. The number of carbonyl (C=O) groups is 1. The molecule has 1 saturated carbocycles. The SMILES string of the molecule is Cl.Cl.NCC1CCCC1NC(=O)c1cc(-c2ccncc2)nc2ccccc12. The Labute approximate surface area is 177 Å². The van der Waals surface area contributed by atoms with Crippen LogP contribution in [0.3, 0.4) is 0 Å². The number of nitrogens with one attached hydrogen (secondary N) is 1. The summed E-state index contributed by atoms with van der Waals surface area (Å²) in [7, 11) is 0. The van der Waals surface area contributed by atoms with Crippen LogP contribution in [0.2, 0.25) is 0 Å². The molecule has 1 fully saturated rings. The molecular weight excluding hydrogens is 395 g/mol. The van der Waals surface area contributed by atoms with E-state index in [0.29, 0.717) is 18.0 Å². The summed E-state index contributed by atoms with van der Waals surface area (Å²) in [4.78, 5) is 21.8. The summed E-state index contributed by atoms with van der Waals surface area (Å²) in [5, 5.41) is 4.07. The molecule has 1 amide bonds. The molecule has 2 heterocycles. The standard InChI is InChI=1S/C21H22N4O.2ClH/c22-13-15-4-3-7-18(15)25-21(26)17-12-20(14-8-10-23-11-9-14)24-19-6-2-1-5-16(17)19;;/h1-2,5-6,8-12,15,18H,3-4,7,13,22H2,(H,25,26);2*1H.